The molecule has 0 atom stereocenters. The Morgan fingerprint density at radius 1 is 0.367 bits per heavy atom. The van der Waals surface area contributed by atoms with Gasteiger partial charge in [-0.05, 0) is 117 Å². The highest BCUT2D eigenvalue weighted by molar-refractivity contribution is 6.18. The van der Waals surface area contributed by atoms with Crippen molar-refractivity contribution < 1.29 is 0 Å². The molecular weight excluding hydrogens is 591 g/mol. The summed E-state index contributed by atoms with van der Waals surface area (Å²) in [5.74, 6) is 0. The molecule has 2 heterocycles. The Bertz CT molecular complexity index is 2630. The largest absolute Gasteiger partial charge is 0.312 e. The molecule has 1 aliphatic rings. The van der Waals surface area contributed by atoms with Crippen molar-refractivity contribution in [2.24, 2.45) is 0 Å². The number of aryl methyl sites for hydroxylation is 1. The second-order valence-electron chi connectivity index (χ2n) is 13.3. The molecule has 1 heteroatoms. The van der Waals surface area contributed by atoms with Crippen molar-refractivity contribution in [3.63, 3.8) is 0 Å². The lowest BCUT2D eigenvalue weighted by Gasteiger charge is -2.13. The maximum absolute atomic E-state index is 2.53. The molecule has 230 valence electrons. The summed E-state index contributed by atoms with van der Waals surface area (Å²) >= 11 is 0. The van der Waals surface area contributed by atoms with Crippen LogP contribution in [-0.4, -0.2) is 4.40 Å². The van der Waals surface area contributed by atoms with Crippen LogP contribution < -0.4 is 0 Å². The molecule has 0 N–H and O–H groups in total. The van der Waals surface area contributed by atoms with Crippen LogP contribution in [0, 0.1) is 0 Å². The Kier molecular flexibility index (Phi) is 6.38. The van der Waals surface area contributed by atoms with Crippen molar-refractivity contribution in [2.75, 3.05) is 0 Å². The monoisotopic (exact) mass is 623 g/mol. The number of nitrogens with zero attached hydrogens (tertiary/aromatic N) is 1. The zero-order valence-corrected chi connectivity index (χ0v) is 27.1. The van der Waals surface area contributed by atoms with Crippen LogP contribution in [0.4, 0.5) is 0 Å². The first kappa shape index (κ1) is 27.9. The number of para-hydroxylation sites is 1. The average Bonchev–Trinajstić information content (AvgIpc) is 3.70. The van der Waals surface area contributed by atoms with Gasteiger partial charge in [-0.15, -0.1) is 0 Å². The number of benzene rings is 7. The van der Waals surface area contributed by atoms with Crippen LogP contribution >= 0.6 is 0 Å². The lowest BCUT2D eigenvalue weighted by Crippen LogP contribution is -1.96. The van der Waals surface area contributed by atoms with E-state index in [1.807, 2.05) is 0 Å². The Hall–Kier alpha value is -6.18. The second kappa shape index (κ2) is 11.2. The normalized spacial score (nSPS) is 12.7. The van der Waals surface area contributed by atoms with Crippen LogP contribution in [0.1, 0.15) is 17.7 Å². The molecule has 0 spiro atoms. The van der Waals surface area contributed by atoms with Crippen molar-refractivity contribution in [3.8, 4) is 55.6 Å². The first-order valence-electron chi connectivity index (χ1n) is 17.2. The topological polar surface area (TPSA) is 4.41 Å². The minimum absolute atomic E-state index is 1.08. The van der Waals surface area contributed by atoms with Crippen LogP contribution in [0.2, 0.25) is 0 Å². The smallest absolute Gasteiger partial charge is 0.0617 e. The quantitative estimate of drug-likeness (QED) is 0.180. The third-order valence-corrected chi connectivity index (χ3v) is 10.3. The standard InChI is InChI=1S/C48H33N/c1-3-13-32(14-4-1)38-27-39(33-15-5-2-6-16-33)29-40(28-38)36-19-11-17-34(25-36)35-18-12-20-37(26-35)41-30-44-42-21-7-9-23-46(42)49-47-24-10-8-22-43(47)45(31-41)48(44)49/h1-9,11-23,25-31H,10,24H2. The summed E-state index contributed by atoms with van der Waals surface area (Å²) in [4.78, 5) is 0. The fraction of sp³-hybridized carbons (Fsp3) is 0.0417. The molecule has 1 aliphatic carbocycles. The third kappa shape index (κ3) is 4.62. The minimum atomic E-state index is 1.08. The molecule has 0 bridgehead atoms. The maximum Gasteiger partial charge on any atom is 0.0617 e. The summed E-state index contributed by atoms with van der Waals surface area (Å²) in [6.07, 6.45) is 6.85. The molecule has 0 radical (unpaired) electrons. The fourth-order valence-electron chi connectivity index (χ4n) is 8.02. The molecular formula is C48H33N. The van der Waals surface area contributed by atoms with Gasteiger partial charge < -0.3 is 4.40 Å². The fourth-order valence-corrected chi connectivity index (χ4v) is 8.02. The highest BCUT2D eigenvalue weighted by Gasteiger charge is 2.22. The molecule has 9 aromatic rings. The Morgan fingerprint density at radius 3 is 1.47 bits per heavy atom. The predicted octanol–water partition coefficient (Wildman–Crippen LogP) is 13.0. The van der Waals surface area contributed by atoms with E-state index in [1.54, 1.807) is 0 Å². The lowest BCUT2D eigenvalue weighted by molar-refractivity contribution is 0.926. The van der Waals surface area contributed by atoms with Crippen LogP contribution in [0.15, 0.2) is 170 Å². The molecule has 0 unspecified atom stereocenters. The Labute approximate surface area is 286 Å². The minimum Gasteiger partial charge on any atom is -0.312 e. The van der Waals surface area contributed by atoms with Crippen molar-refractivity contribution in [3.05, 3.63) is 181 Å². The second-order valence-corrected chi connectivity index (χ2v) is 13.3. The number of hydrogen-bond donors (Lipinski definition) is 0. The van der Waals surface area contributed by atoms with E-state index in [9.17, 15) is 0 Å². The van der Waals surface area contributed by atoms with Gasteiger partial charge in [0.1, 0.15) is 0 Å². The number of rotatable bonds is 5. The lowest BCUT2D eigenvalue weighted by atomic mass is 9.91. The highest BCUT2D eigenvalue weighted by Crippen LogP contribution is 2.43. The van der Waals surface area contributed by atoms with E-state index in [4.69, 9.17) is 0 Å². The van der Waals surface area contributed by atoms with Crippen LogP contribution in [-0.2, 0) is 6.42 Å². The number of hydrogen-bond acceptors (Lipinski definition) is 0. The molecule has 7 aromatic carbocycles. The summed E-state index contributed by atoms with van der Waals surface area (Å²) in [5.41, 5.74) is 17.8. The SMILES string of the molecule is C1=Cc2c(n3c4ccccc4c4cc(-c5cccc(-c6cccc(-c7cc(-c8ccccc8)cc(-c8ccccc8)c7)c6)c5)cc2c43)CC1. The molecule has 10 rings (SSSR count). The summed E-state index contributed by atoms with van der Waals surface area (Å²) in [5, 5.41) is 4.03. The van der Waals surface area contributed by atoms with Crippen molar-refractivity contribution in [1.29, 1.82) is 0 Å². The zero-order valence-electron chi connectivity index (χ0n) is 27.1. The van der Waals surface area contributed by atoms with Gasteiger partial charge in [0.2, 0.25) is 0 Å². The van der Waals surface area contributed by atoms with Gasteiger partial charge in [-0.25, -0.2) is 0 Å². The van der Waals surface area contributed by atoms with Crippen molar-refractivity contribution in [2.45, 2.75) is 12.8 Å². The first-order chi connectivity index (χ1) is 24.3. The van der Waals surface area contributed by atoms with Gasteiger partial charge in [0.25, 0.3) is 0 Å². The Balaban J connectivity index is 1.09. The summed E-state index contributed by atoms with van der Waals surface area (Å²) < 4.78 is 2.53. The number of fused-ring (bicyclic) bond motifs is 6. The molecule has 0 saturated heterocycles. The molecule has 0 saturated carbocycles. The van der Waals surface area contributed by atoms with E-state index in [0.717, 1.165) is 12.8 Å². The molecule has 0 amide bonds. The third-order valence-electron chi connectivity index (χ3n) is 10.3. The molecule has 2 aromatic heterocycles. The van der Waals surface area contributed by atoms with Gasteiger partial charge >= 0.3 is 0 Å². The predicted molar refractivity (Wildman–Crippen MR) is 208 cm³/mol. The molecule has 1 nitrogen and oxygen atoms in total. The van der Waals surface area contributed by atoms with E-state index in [-0.39, 0.29) is 0 Å². The summed E-state index contributed by atoms with van der Waals surface area (Å²) in [6, 6.07) is 60.2. The summed E-state index contributed by atoms with van der Waals surface area (Å²) in [6.45, 7) is 0. The van der Waals surface area contributed by atoms with E-state index in [2.05, 4.69) is 180 Å². The Morgan fingerprint density at radius 2 is 0.837 bits per heavy atom. The van der Waals surface area contributed by atoms with E-state index < -0.39 is 0 Å². The van der Waals surface area contributed by atoms with Crippen LogP contribution in [0.5, 0.6) is 0 Å². The number of aromatic nitrogens is 1. The van der Waals surface area contributed by atoms with Crippen LogP contribution in [0.3, 0.4) is 0 Å². The molecule has 0 aliphatic heterocycles. The van der Waals surface area contributed by atoms with Crippen LogP contribution in [0.25, 0.3) is 88.9 Å². The van der Waals surface area contributed by atoms with E-state index in [1.165, 1.54) is 94.1 Å². The molecule has 49 heavy (non-hydrogen) atoms. The number of allylic oxidation sites excluding steroid dienone is 1. The van der Waals surface area contributed by atoms with Gasteiger partial charge in [-0.2, -0.15) is 0 Å². The van der Waals surface area contributed by atoms with Gasteiger partial charge in [0.05, 0.1) is 11.0 Å². The summed E-state index contributed by atoms with van der Waals surface area (Å²) in [7, 11) is 0. The van der Waals surface area contributed by atoms with E-state index >= 15 is 0 Å². The van der Waals surface area contributed by atoms with Gasteiger partial charge in [-0.1, -0.05) is 127 Å². The van der Waals surface area contributed by atoms with Gasteiger partial charge in [0.15, 0.2) is 0 Å². The van der Waals surface area contributed by atoms with E-state index in [0.29, 0.717) is 0 Å². The highest BCUT2D eigenvalue weighted by atomic mass is 14.9. The van der Waals surface area contributed by atoms with Gasteiger partial charge in [-0.3, -0.25) is 0 Å². The van der Waals surface area contributed by atoms with Crippen molar-refractivity contribution >= 4 is 33.3 Å². The zero-order chi connectivity index (χ0) is 32.3. The van der Waals surface area contributed by atoms with Crippen molar-refractivity contribution in [1.82, 2.24) is 4.40 Å². The first-order valence-corrected chi connectivity index (χ1v) is 17.2. The average molecular weight is 624 g/mol. The maximum atomic E-state index is 2.53. The van der Waals surface area contributed by atoms with Gasteiger partial charge in [0, 0.05) is 27.4 Å². The molecule has 0 fully saturated rings.